The van der Waals surface area contributed by atoms with Crippen molar-refractivity contribution in [1.29, 1.82) is 0 Å². The van der Waals surface area contributed by atoms with Crippen LogP contribution in [-0.2, 0) is 6.42 Å². The summed E-state index contributed by atoms with van der Waals surface area (Å²) in [7, 11) is 0. The average Bonchev–Trinajstić information content (AvgIpc) is 2.46. The number of rotatable bonds is 3. The van der Waals surface area contributed by atoms with Crippen molar-refractivity contribution in [2.24, 2.45) is 0 Å². The summed E-state index contributed by atoms with van der Waals surface area (Å²) in [5.74, 6) is -0.849. The molecule has 21 heavy (non-hydrogen) atoms. The lowest BCUT2D eigenvalue weighted by Gasteiger charge is -2.25. The zero-order valence-corrected chi connectivity index (χ0v) is 11.9. The van der Waals surface area contributed by atoms with E-state index in [0.29, 0.717) is 11.4 Å². The molecule has 0 aliphatic heterocycles. The molecule has 1 N–H and O–H groups in total. The number of nitrogens with zero attached hydrogens (tertiary/aromatic N) is 2. The summed E-state index contributed by atoms with van der Waals surface area (Å²) in [5, 5.41) is 3.42. The van der Waals surface area contributed by atoms with Crippen molar-refractivity contribution in [3.05, 3.63) is 47.3 Å². The van der Waals surface area contributed by atoms with Gasteiger partial charge >= 0.3 is 0 Å². The third-order valence-corrected chi connectivity index (χ3v) is 3.75. The summed E-state index contributed by atoms with van der Waals surface area (Å²) in [6, 6.07) is 3.64. The fourth-order valence-electron chi connectivity index (χ4n) is 2.83. The van der Waals surface area contributed by atoms with Crippen LogP contribution in [0.2, 0.25) is 0 Å². The van der Waals surface area contributed by atoms with Gasteiger partial charge in [0.25, 0.3) is 0 Å². The molecule has 0 amide bonds. The van der Waals surface area contributed by atoms with Gasteiger partial charge in [-0.2, -0.15) is 0 Å². The van der Waals surface area contributed by atoms with Crippen molar-refractivity contribution in [2.75, 3.05) is 6.54 Å². The Morgan fingerprint density at radius 2 is 2.00 bits per heavy atom. The van der Waals surface area contributed by atoms with Crippen LogP contribution in [0.4, 0.5) is 8.78 Å². The van der Waals surface area contributed by atoms with E-state index >= 15 is 0 Å². The molecule has 0 saturated carbocycles. The normalized spacial score (nSPS) is 17.6. The molecule has 0 bridgehead atoms. The van der Waals surface area contributed by atoms with E-state index in [4.69, 9.17) is 0 Å². The first kappa shape index (κ1) is 14.1. The smallest absolute Gasteiger partial charge is 0.159 e. The van der Waals surface area contributed by atoms with Gasteiger partial charge in [-0.3, -0.25) is 0 Å². The summed E-state index contributed by atoms with van der Waals surface area (Å²) in [6.45, 7) is 2.96. The van der Waals surface area contributed by atoms with E-state index in [2.05, 4.69) is 22.2 Å². The molecule has 0 saturated heterocycles. The SMILES string of the molecule is CCNC1CCCc2nc(-c3cc(F)cc(F)c3)ncc21. The summed E-state index contributed by atoms with van der Waals surface area (Å²) in [6.07, 6.45) is 4.79. The molecule has 1 aromatic heterocycles. The van der Waals surface area contributed by atoms with Crippen LogP contribution in [0.15, 0.2) is 24.4 Å². The number of aromatic nitrogens is 2. The molecule has 0 fully saturated rings. The van der Waals surface area contributed by atoms with Gasteiger partial charge in [0.05, 0.1) is 0 Å². The first-order valence-corrected chi connectivity index (χ1v) is 7.23. The number of fused-ring (bicyclic) bond motifs is 1. The Bertz CT molecular complexity index is 638. The maximum atomic E-state index is 13.3. The van der Waals surface area contributed by atoms with Gasteiger partial charge < -0.3 is 5.32 Å². The van der Waals surface area contributed by atoms with Crippen molar-refractivity contribution in [3.8, 4) is 11.4 Å². The van der Waals surface area contributed by atoms with Gasteiger partial charge in [0.1, 0.15) is 11.6 Å². The Kier molecular flexibility index (Phi) is 3.92. The number of hydrogen-bond acceptors (Lipinski definition) is 3. The van der Waals surface area contributed by atoms with Crippen LogP contribution in [-0.4, -0.2) is 16.5 Å². The van der Waals surface area contributed by atoms with Crippen molar-refractivity contribution >= 4 is 0 Å². The van der Waals surface area contributed by atoms with Crippen LogP contribution in [0.5, 0.6) is 0 Å². The van der Waals surface area contributed by atoms with Crippen molar-refractivity contribution in [3.63, 3.8) is 0 Å². The predicted octanol–water partition coefficient (Wildman–Crippen LogP) is 3.41. The predicted molar refractivity (Wildman–Crippen MR) is 76.7 cm³/mol. The van der Waals surface area contributed by atoms with Crippen LogP contribution in [0.3, 0.4) is 0 Å². The molecule has 3 nitrogen and oxygen atoms in total. The second-order valence-corrected chi connectivity index (χ2v) is 5.26. The average molecular weight is 289 g/mol. The molecule has 3 rings (SSSR count). The van der Waals surface area contributed by atoms with Crippen molar-refractivity contribution in [1.82, 2.24) is 15.3 Å². The van der Waals surface area contributed by atoms with Gasteiger partial charge in [-0.25, -0.2) is 18.7 Å². The largest absolute Gasteiger partial charge is 0.310 e. The zero-order valence-electron chi connectivity index (χ0n) is 11.9. The molecule has 2 aromatic rings. The van der Waals surface area contributed by atoms with Crippen LogP contribution in [0.1, 0.15) is 37.1 Å². The second kappa shape index (κ2) is 5.85. The van der Waals surface area contributed by atoms with Crippen molar-refractivity contribution < 1.29 is 8.78 Å². The van der Waals surface area contributed by atoms with E-state index in [1.165, 1.54) is 12.1 Å². The molecule has 1 aliphatic rings. The highest BCUT2D eigenvalue weighted by atomic mass is 19.1. The molecule has 1 atom stereocenters. The van der Waals surface area contributed by atoms with E-state index in [9.17, 15) is 8.78 Å². The summed E-state index contributed by atoms with van der Waals surface area (Å²) in [5.41, 5.74) is 2.45. The van der Waals surface area contributed by atoms with Crippen LogP contribution >= 0.6 is 0 Å². The van der Waals surface area contributed by atoms with E-state index in [0.717, 1.165) is 43.1 Å². The highest BCUT2D eigenvalue weighted by Crippen LogP contribution is 2.29. The minimum Gasteiger partial charge on any atom is -0.310 e. The first-order valence-electron chi connectivity index (χ1n) is 7.23. The minimum absolute atomic E-state index is 0.275. The summed E-state index contributed by atoms with van der Waals surface area (Å²) in [4.78, 5) is 8.81. The molecule has 1 aromatic carbocycles. The molecule has 1 aliphatic carbocycles. The Balaban J connectivity index is 1.99. The monoisotopic (exact) mass is 289 g/mol. The number of hydrogen-bond donors (Lipinski definition) is 1. The number of halogens is 2. The van der Waals surface area contributed by atoms with Crippen LogP contribution in [0, 0.1) is 11.6 Å². The Morgan fingerprint density at radius 1 is 1.24 bits per heavy atom. The highest BCUT2D eigenvalue weighted by Gasteiger charge is 2.21. The fraction of sp³-hybridized carbons (Fsp3) is 0.375. The van der Waals surface area contributed by atoms with E-state index in [1.807, 2.05) is 0 Å². The molecular formula is C16H17F2N3. The minimum atomic E-state index is -0.614. The molecule has 1 unspecified atom stereocenters. The number of benzene rings is 1. The van der Waals surface area contributed by atoms with E-state index in [-0.39, 0.29) is 6.04 Å². The van der Waals surface area contributed by atoms with Crippen molar-refractivity contribution in [2.45, 2.75) is 32.2 Å². The quantitative estimate of drug-likeness (QED) is 0.941. The van der Waals surface area contributed by atoms with Gasteiger partial charge in [-0.1, -0.05) is 6.92 Å². The topological polar surface area (TPSA) is 37.8 Å². The highest BCUT2D eigenvalue weighted by molar-refractivity contribution is 5.55. The standard InChI is InChI=1S/C16H17F2N3/c1-2-19-14-4-3-5-15-13(14)9-20-16(21-15)10-6-11(17)8-12(18)7-10/h6-9,14,19H,2-5H2,1H3. The molecule has 110 valence electrons. The molecule has 0 radical (unpaired) electrons. The Hall–Kier alpha value is -1.88. The summed E-state index contributed by atoms with van der Waals surface area (Å²) < 4.78 is 26.6. The third-order valence-electron chi connectivity index (χ3n) is 3.75. The van der Waals surface area contributed by atoms with E-state index in [1.54, 1.807) is 6.20 Å². The molecular weight excluding hydrogens is 272 g/mol. The van der Waals surface area contributed by atoms with Crippen LogP contribution < -0.4 is 5.32 Å². The second-order valence-electron chi connectivity index (χ2n) is 5.26. The van der Waals surface area contributed by atoms with Gasteiger partial charge in [0.15, 0.2) is 5.82 Å². The van der Waals surface area contributed by atoms with Gasteiger partial charge in [0.2, 0.25) is 0 Å². The lowest BCUT2D eigenvalue weighted by molar-refractivity contribution is 0.464. The first-order chi connectivity index (χ1) is 10.2. The van der Waals surface area contributed by atoms with Crippen LogP contribution in [0.25, 0.3) is 11.4 Å². The van der Waals surface area contributed by atoms with Gasteiger partial charge in [0, 0.05) is 35.1 Å². The third kappa shape index (κ3) is 2.93. The fourth-order valence-corrected chi connectivity index (χ4v) is 2.83. The maximum Gasteiger partial charge on any atom is 0.159 e. The summed E-state index contributed by atoms with van der Waals surface area (Å²) >= 11 is 0. The molecule has 1 heterocycles. The lowest BCUT2D eigenvalue weighted by atomic mass is 9.92. The lowest BCUT2D eigenvalue weighted by Crippen LogP contribution is -2.25. The number of aryl methyl sites for hydroxylation is 1. The van der Waals surface area contributed by atoms with Gasteiger partial charge in [-0.15, -0.1) is 0 Å². The van der Waals surface area contributed by atoms with Gasteiger partial charge in [-0.05, 0) is 37.9 Å². The molecule has 0 spiro atoms. The number of nitrogens with one attached hydrogen (secondary N) is 1. The Labute approximate surface area is 122 Å². The maximum absolute atomic E-state index is 13.3. The van der Waals surface area contributed by atoms with E-state index < -0.39 is 11.6 Å². The molecule has 5 heteroatoms. The Morgan fingerprint density at radius 3 is 2.71 bits per heavy atom. The zero-order chi connectivity index (χ0) is 14.8.